The Hall–Kier alpha value is -3.45. The Kier molecular flexibility index (Phi) is 19.7. The molecule has 0 aromatic heterocycles. The van der Waals surface area contributed by atoms with Crippen molar-refractivity contribution in [2.75, 3.05) is 25.0 Å². The topological polar surface area (TPSA) is 96.5 Å². The number of rotatable bonds is 16. The molecule has 1 aliphatic heterocycles. The number of anilines is 1. The molecule has 7 heteroatoms. The molecule has 7 nitrogen and oxygen atoms in total. The molecule has 0 saturated carbocycles. The van der Waals surface area contributed by atoms with Gasteiger partial charge in [0.1, 0.15) is 18.1 Å². The van der Waals surface area contributed by atoms with Crippen molar-refractivity contribution in [2.45, 2.75) is 133 Å². The fourth-order valence-electron chi connectivity index (χ4n) is 6.06. The molecule has 1 fully saturated rings. The van der Waals surface area contributed by atoms with E-state index in [0.29, 0.717) is 29.2 Å². The normalized spacial score (nSPS) is 15.6. The third-order valence-electron chi connectivity index (χ3n) is 8.60. The highest BCUT2D eigenvalue weighted by atomic mass is 16.5. The van der Waals surface area contributed by atoms with Crippen LogP contribution < -0.4 is 20.7 Å². The lowest BCUT2D eigenvalue weighted by molar-refractivity contribution is -0.105. The highest BCUT2D eigenvalue weighted by Gasteiger charge is 2.19. The summed E-state index contributed by atoms with van der Waals surface area (Å²) in [6.07, 6.45) is 6.56. The van der Waals surface area contributed by atoms with Crippen molar-refractivity contribution in [1.82, 2.24) is 10.6 Å². The zero-order chi connectivity index (χ0) is 36.4. The van der Waals surface area contributed by atoms with Crippen LogP contribution in [0, 0.1) is 19.8 Å². The Morgan fingerprint density at radius 3 is 2.10 bits per heavy atom. The van der Waals surface area contributed by atoms with Gasteiger partial charge in [-0.2, -0.15) is 0 Å². The van der Waals surface area contributed by atoms with Gasteiger partial charge in [-0.05, 0) is 127 Å². The van der Waals surface area contributed by atoms with Gasteiger partial charge < -0.3 is 20.7 Å². The first-order chi connectivity index (χ1) is 22.8. The van der Waals surface area contributed by atoms with Crippen LogP contribution in [0.5, 0.6) is 5.75 Å². The molecule has 0 spiro atoms. The molecule has 48 heavy (non-hydrogen) atoms. The van der Waals surface area contributed by atoms with Gasteiger partial charge in [-0.25, -0.2) is 0 Å². The summed E-state index contributed by atoms with van der Waals surface area (Å²) in [6, 6.07) is 9.34. The third kappa shape index (κ3) is 13.6. The van der Waals surface area contributed by atoms with Crippen molar-refractivity contribution in [3.63, 3.8) is 0 Å². The zero-order valence-corrected chi connectivity index (χ0v) is 32.1. The molecule has 3 N–H and O–H groups in total. The Labute approximate surface area is 292 Å². The van der Waals surface area contributed by atoms with E-state index in [1.807, 2.05) is 40.7 Å². The zero-order valence-electron chi connectivity index (χ0n) is 32.1. The van der Waals surface area contributed by atoms with Crippen LogP contribution in [-0.2, 0) is 4.79 Å². The number of aryl methyl sites for hydroxylation is 2. The summed E-state index contributed by atoms with van der Waals surface area (Å²) in [5, 5.41) is 10.2. The predicted molar refractivity (Wildman–Crippen MR) is 203 cm³/mol. The van der Waals surface area contributed by atoms with Crippen molar-refractivity contribution in [2.24, 2.45) is 5.92 Å². The largest absolute Gasteiger partial charge is 0.489 e. The van der Waals surface area contributed by atoms with Crippen LogP contribution in [-0.4, -0.2) is 49.6 Å². The highest BCUT2D eigenvalue weighted by molar-refractivity contribution is 6.08. The van der Waals surface area contributed by atoms with E-state index in [1.54, 1.807) is 12.1 Å². The van der Waals surface area contributed by atoms with E-state index in [-0.39, 0.29) is 23.7 Å². The lowest BCUT2D eigenvalue weighted by Gasteiger charge is -2.24. The van der Waals surface area contributed by atoms with Gasteiger partial charge in [0.2, 0.25) is 0 Å². The van der Waals surface area contributed by atoms with Crippen molar-refractivity contribution < 1.29 is 19.1 Å². The Balaban J connectivity index is 0.000000989. The van der Waals surface area contributed by atoms with Crippen LogP contribution in [0.2, 0.25) is 0 Å². The third-order valence-corrected chi connectivity index (χ3v) is 8.60. The summed E-state index contributed by atoms with van der Waals surface area (Å²) < 4.78 is 6.16. The standard InChI is InChI=1S/C32H44N2O4.C7H15N.C2H6/c1-10-11-31(33-17-22(6)38-26-12-13-27(19(2)3)20(4)14-26)30(18-35)23(7)34-32-16-29(25(9)37)28(24(8)36)15-21(32)5;1-2-3-7-4-5-8-6-7;1-2/h12-16,18-19,22-23,33-34H,10-11,17H2,1-9H3;7-8H,2-6H2,1H3;1-2H3/b31-30-;;. The number of benzene rings is 2. The summed E-state index contributed by atoms with van der Waals surface area (Å²) in [5.74, 6) is 1.97. The number of carbonyl (C=O) groups excluding carboxylic acids is 3. The lowest BCUT2D eigenvalue weighted by atomic mass is 9.96. The fraction of sp³-hybridized carbons (Fsp3) is 0.585. The van der Waals surface area contributed by atoms with Crippen LogP contribution in [0.1, 0.15) is 145 Å². The highest BCUT2D eigenvalue weighted by Crippen LogP contribution is 2.26. The molecule has 2 aromatic rings. The van der Waals surface area contributed by atoms with Gasteiger partial charge in [0.15, 0.2) is 11.6 Å². The van der Waals surface area contributed by atoms with Gasteiger partial charge in [-0.3, -0.25) is 14.4 Å². The second-order valence-electron chi connectivity index (χ2n) is 13.1. The average molecular weight is 664 g/mol. The summed E-state index contributed by atoms with van der Waals surface area (Å²) in [7, 11) is 0. The van der Waals surface area contributed by atoms with Crippen LogP contribution in [0.15, 0.2) is 41.6 Å². The number of hydrogen-bond acceptors (Lipinski definition) is 7. The van der Waals surface area contributed by atoms with E-state index < -0.39 is 0 Å². The lowest BCUT2D eigenvalue weighted by Crippen LogP contribution is -2.32. The number of Topliss-reactive ketones (excluding diaryl/α,β-unsaturated/α-hetero) is 2. The fourth-order valence-corrected chi connectivity index (χ4v) is 6.06. The molecule has 3 unspecified atom stereocenters. The maximum Gasteiger partial charge on any atom is 0.160 e. The van der Waals surface area contributed by atoms with E-state index in [2.05, 4.69) is 62.7 Å². The maximum absolute atomic E-state index is 12.2. The first kappa shape index (κ1) is 42.6. The van der Waals surface area contributed by atoms with E-state index in [0.717, 1.165) is 47.7 Å². The number of ketones is 2. The SMILES string of the molecule is CC.CCC/C(NCC(C)Oc1ccc(C(C)C)c(C)c1)=C(\C=O)C(C)Nc1cc(C(C)=O)c(C(C)=O)cc1C.CCCC1CCNC1. The molecule has 3 rings (SSSR count). The van der Waals surface area contributed by atoms with Gasteiger partial charge in [0.05, 0.1) is 12.6 Å². The second-order valence-corrected chi connectivity index (χ2v) is 13.1. The summed E-state index contributed by atoms with van der Waals surface area (Å²) in [5.41, 5.74) is 6.37. The number of ether oxygens (including phenoxy) is 1. The minimum Gasteiger partial charge on any atom is -0.489 e. The van der Waals surface area contributed by atoms with E-state index >= 15 is 0 Å². The van der Waals surface area contributed by atoms with Gasteiger partial charge >= 0.3 is 0 Å². The number of allylic oxidation sites excluding steroid dienone is 1. The minimum atomic E-state index is -0.314. The van der Waals surface area contributed by atoms with Gasteiger partial charge in [0.25, 0.3) is 0 Å². The number of hydrogen-bond donors (Lipinski definition) is 3. The molecule has 3 atom stereocenters. The number of nitrogens with one attached hydrogen (secondary N) is 3. The van der Waals surface area contributed by atoms with Crippen LogP contribution in [0.3, 0.4) is 0 Å². The van der Waals surface area contributed by atoms with Gasteiger partial charge in [-0.15, -0.1) is 0 Å². The van der Waals surface area contributed by atoms with Crippen LogP contribution in [0.4, 0.5) is 5.69 Å². The van der Waals surface area contributed by atoms with Crippen LogP contribution in [0.25, 0.3) is 0 Å². The summed E-state index contributed by atoms with van der Waals surface area (Å²) in [6.45, 7) is 26.6. The van der Waals surface area contributed by atoms with Crippen molar-refractivity contribution in [1.29, 1.82) is 0 Å². The molecule has 0 bridgehead atoms. The van der Waals surface area contributed by atoms with E-state index in [9.17, 15) is 14.4 Å². The molecular formula is C41H65N3O4. The molecule has 268 valence electrons. The Morgan fingerprint density at radius 2 is 1.60 bits per heavy atom. The monoisotopic (exact) mass is 663 g/mol. The molecule has 1 saturated heterocycles. The molecule has 0 amide bonds. The molecule has 0 aliphatic carbocycles. The molecule has 0 radical (unpaired) electrons. The van der Waals surface area contributed by atoms with Crippen molar-refractivity contribution in [3.05, 3.63) is 69.4 Å². The Bertz CT molecular complexity index is 1340. The first-order valence-corrected chi connectivity index (χ1v) is 18.2. The van der Waals surface area contributed by atoms with E-state index in [1.165, 1.54) is 57.3 Å². The van der Waals surface area contributed by atoms with Crippen molar-refractivity contribution >= 4 is 23.5 Å². The number of carbonyl (C=O) groups is 3. The molecule has 1 aliphatic rings. The predicted octanol–water partition coefficient (Wildman–Crippen LogP) is 9.36. The number of aldehydes is 1. The maximum atomic E-state index is 12.2. The smallest absolute Gasteiger partial charge is 0.160 e. The first-order valence-electron chi connectivity index (χ1n) is 18.2. The molecule has 2 aromatic carbocycles. The van der Waals surface area contributed by atoms with Gasteiger partial charge in [0, 0.05) is 28.1 Å². The molecule has 1 heterocycles. The molecular weight excluding hydrogens is 598 g/mol. The second kappa shape index (κ2) is 22.2. The van der Waals surface area contributed by atoms with Crippen LogP contribution >= 0.6 is 0 Å². The Morgan fingerprint density at radius 1 is 0.958 bits per heavy atom. The summed E-state index contributed by atoms with van der Waals surface area (Å²) >= 11 is 0. The van der Waals surface area contributed by atoms with E-state index in [4.69, 9.17) is 4.74 Å². The summed E-state index contributed by atoms with van der Waals surface area (Å²) in [4.78, 5) is 36.5. The van der Waals surface area contributed by atoms with Gasteiger partial charge in [-0.1, -0.05) is 60.5 Å². The average Bonchev–Trinajstić information content (AvgIpc) is 3.55. The van der Waals surface area contributed by atoms with Crippen molar-refractivity contribution in [3.8, 4) is 5.75 Å². The minimum absolute atomic E-state index is 0.109. The quantitative estimate of drug-likeness (QED) is 0.0936.